The molecule has 0 saturated carbocycles. The first-order chi connectivity index (χ1) is 2.91. The standard InChI is InChI=1S/C4H8S2/c1-3-4-6-5-2/h3H,1,4H2,2H3. The average molecular weight is 120 g/mol. The highest BCUT2D eigenvalue weighted by Gasteiger charge is 1.71. The molecule has 0 aliphatic carbocycles. The fourth-order valence-corrected chi connectivity index (χ4v) is 1.05. The molecular weight excluding hydrogens is 112 g/mol. The van der Waals surface area contributed by atoms with E-state index in [1.165, 1.54) is 0 Å². The van der Waals surface area contributed by atoms with Gasteiger partial charge in [-0.1, -0.05) is 27.7 Å². The Hall–Kier alpha value is 0.440. The minimum absolute atomic E-state index is 1.06. The summed E-state index contributed by atoms with van der Waals surface area (Å²) in [5.74, 6) is 1.06. The predicted molar refractivity (Wildman–Crippen MR) is 36.2 cm³/mol. The second kappa shape index (κ2) is 5.44. The molecule has 36 valence electrons. The second-order valence-electron chi connectivity index (χ2n) is 0.740. The van der Waals surface area contributed by atoms with Crippen LogP contribution in [0.25, 0.3) is 0 Å². The largest absolute Gasteiger partial charge is 0.102 e. The van der Waals surface area contributed by atoms with Gasteiger partial charge in [-0.15, -0.1) is 6.58 Å². The van der Waals surface area contributed by atoms with Gasteiger partial charge in [0, 0.05) is 5.75 Å². The SMILES string of the molecule is C=CCSSC. The third-order valence-electron chi connectivity index (χ3n) is 0.304. The van der Waals surface area contributed by atoms with Crippen LogP contribution in [0, 0.1) is 0 Å². The fourth-order valence-electron chi connectivity index (χ4n) is 0.116. The van der Waals surface area contributed by atoms with Gasteiger partial charge in [0.15, 0.2) is 0 Å². The third-order valence-corrected chi connectivity index (χ3v) is 2.03. The van der Waals surface area contributed by atoms with E-state index >= 15 is 0 Å². The van der Waals surface area contributed by atoms with Gasteiger partial charge < -0.3 is 0 Å². The molecule has 0 unspecified atom stereocenters. The average Bonchev–Trinajstić information content (AvgIpc) is 1.61. The smallest absolute Gasteiger partial charge is 0.0215 e. The first kappa shape index (κ1) is 6.44. The van der Waals surface area contributed by atoms with Crippen molar-refractivity contribution in [1.29, 1.82) is 0 Å². The molecule has 0 aliphatic rings. The Morgan fingerprint density at radius 3 is 2.67 bits per heavy atom. The van der Waals surface area contributed by atoms with Crippen molar-refractivity contribution in [3.63, 3.8) is 0 Å². The molecule has 0 N–H and O–H groups in total. The van der Waals surface area contributed by atoms with E-state index in [1.807, 2.05) is 6.08 Å². The van der Waals surface area contributed by atoms with E-state index in [0.29, 0.717) is 0 Å². The van der Waals surface area contributed by atoms with Crippen LogP contribution in [-0.4, -0.2) is 12.0 Å². The summed E-state index contributed by atoms with van der Waals surface area (Å²) in [5, 5.41) is 0. The van der Waals surface area contributed by atoms with Crippen molar-refractivity contribution in [2.24, 2.45) is 0 Å². The fraction of sp³-hybridized carbons (Fsp3) is 0.500. The molecule has 0 spiro atoms. The molecule has 0 fully saturated rings. The highest BCUT2D eigenvalue weighted by molar-refractivity contribution is 8.76. The molecule has 0 rings (SSSR count). The zero-order valence-corrected chi connectivity index (χ0v) is 5.44. The molecule has 0 heterocycles. The van der Waals surface area contributed by atoms with Crippen LogP contribution in [0.2, 0.25) is 0 Å². The molecule has 0 radical (unpaired) electrons. The lowest BCUT2D eigenvalue weighted by atomic mass is 10.8. The lowest BCUT2D eigenvalue weighted by molar-refractivity contribution is 1.84. The topological polar surface area (TPSA) is 0 Å². The van der Waals surface area contributed by atoms with Gasteiger partial charge in [0.25, 0.3) is 0 Å². The highest BCUT2D eigenvalue weighted by Crippen LogP contribution is 2.15. The summed E-state index contributed by atoms with van der Waals surface area (Å²) in [6.07, 6.45) is 3.97. The maximum absolute atomic E-state index is 3.56. The molecule has 0 aromatic carbocycles. The normalized spacial score (nSPS) is 8.17. The predicted octanol–water partition coefficient (Wildman–Crippen LogP) is 2.18. The summed E-state index contributed by atoms with van der Waals surface area (Å²) in [7, 11) is 3.58. The van der Waals surface area contributed by atoms with Gasteiger partial charge in [0.2, 0.25) is 0 Å². The molecule has 6 heavy (non-hydrogen) atoms. The summed E-state index contributed by atoms with van der Waals surface area (Å²) < 4.78 is 0. The van der Waals surface area contributed by atoms with E-state index < -0.39 is 0 Å². The first-order valence-corrected chi connectivity index (χ1v) is 4.41. The van der Waals surface area contributed by atoms with Crippen LogP contribution in [0.4, 0.5) is 0 Å². The van der Waals surface area contributed by atoms with Crippen molar-refractivity contribution < 1.29 is 0 Å². The van der Waals surface area contributed by atoms with Gasteiger partial charge in [-0.05, 0) is 6.26 Å². The van der Waals surface area contributed by atoms with Crippen LogP contribution in [0.3, 0.4) is 0 Å². The van der Waals surface area contributed by atoms with E-state index in [0.717, 1.165) is 5.75 Å². The number of rotatable bonds is 3. The zero-order valence-electron chi connectivity index (χ0n) is 3.81. The molecule has 0 atom stereocenters. The molecular formula is C4H8S2. The molecule has 0 bridgehead atoms. The summed E-state index contributed by atoms with van der Waals surface area (Å²) in [4.78, 5) is 0. The van der Waals surface area contributed by atoms with Gasteiger partial charge >= 0.3 is 0 Å². The molecule has 0 aromatic rings. The van der Waals surface area contributed by atoms with Gasteiger partial charge in [-0.25, -0.2) is 0 Å². The minimum atomic E-state index is 1.06. The van der Waals surface area contributed by atoms with Crippen LogP contribution in [0.1, 0.15) is 0 Å². The molecule has 0 aliphatic heterocycles. The van der Waals surface area contributed by atoms with Crippen LogP contribution >= 0.6 is 21.6 Å². The van der Waals surface area contributed by atoms with Crippen molar-refractivity contribution >= 4 is 21.6 Å². The monoisotopic (exact) mass is 120 g/mol. The summed E-state index contributed by atoms with van der Waals surface area (Å²) in [5.41, 5.74) is 0. The minimum Gasteiger partial charge on any atom is -0.102 e. The molecule has 0 aromatic heterocycles. The zero-order chi connectivity index (χ0) is 4.83. The molecule has 0 saturated heterocycles. The Morgan fingerprint density at radius 1 is 1.83 bits per heavy atom. The Kier molecular flexibility index (Phi) is 5.84. The van der Waals surface area contributed by atoms with Crippen molar-refractivity contribution in [1.82, 2.24) is 0 Å². The maximum Gasteiger partial charge on any atom is 0.0215 e. The van der Waals surface area contributed by atoms with Crippen molar-refractivity contribution in [3.8, 4) is 0 Å². The van der Waals surface area contributed by atoms with Crippen LogP contribution in [-0.2, 0) is 0 Å². The van der Waals surface area contributed by atoms with Gasteiger partial charge in [-0.2, -0.15) is 0 Å². The highest BCUT2D eigenvalue weighted by atomic mass is 33.1. The quantitative estimate of drug-likeness (QED) is 0.318. The van der Waals surface area contributed by atoms with Crippen molar-refractivity contribution in [2.45, 2.75) is 0 Å². The van der Waals surface area contributed by atoms with E-state index in [1.54, 1.807) is 21.6 Å². The van der Waals surface area contributed by atoms with E-state index in [2.05, 4.69) is 12.8 Å². The summed E-state index contributed by atoms with van der Waals surface area (Å²) >= 11 is 0. The molecule has 0 nitrogen and oxygen atoms in total. The first-order valence-electron chi connectivity index (χ1n) is 1.68. The third kappa shape index (κ3) is 4.44. The molecule has 2 heteroatoms. The van der Waals surface area contributed by atoms with E-state index in [4.69, 9.17) is 0 Å². The second-order valence-corrected chi connectivity index (χ2v) is 3.35. The lowest BCUT2D eigenvalue weighted by Gasteiger charge is -1.82. The Morgan fingerprint density at radius 2 is 2.50 bits per heavy atom. The summed E-state index contributed by atoms with van der Waals surface area (Å²) in [6.45, 7) is 3.56. The number of hydrogen-bond donors (Lipinski definition) is 0. The van der Waals surface area contributed by atoms with Gasteiger partial charge in [0.05, 0.1) is 0 Å². The van der Waals surface area contributed by atoms with Crippen LogP contribution in [0.15, 0.2) is 12.7 Å². The number of hydrogen-bond acceptors (Lipinski definition) is 2. The molecule has 0 amide bonds. The maximum atomic E-state index is 3.56. The van der Waals surface area contributed by atoms with Crippen molar-refractivity contribution in [3.05, 3.63) is 12.7 Å². The van der Waals surface area contributed by atoms with E-state index in [-0.39, 0.29) is 0 Å². The van der Waals surface area contributed by atoms with Gasteiger partial charge in [-0.3, -0.25) is 0 Å². The Bertz CT molecular complexity index is 34.5. The van der Waals surface area contributed by atoms with Crippen LogP contribution < -0.4 is 0 Å². The Labute approximate surface area is 46.8 Å². The summed E-state index contributed by atoms with van der Waals surface area (Å²) in [6, 6.07) is 0. The van der Waals surface area contributed by atoms with Crippen molar-refractivity contribution in [2.75, 3.05) is 12.0 Å². The van der Waals surface area contributed by atoms with Crippen LogP contribution in [0.5, 0.6) is 0 Å². The van der Waals surface area contributed by atoms with Gasteiger partial charge in [0.1, 0.15) is 0 Å². The van der Waals surface area contributed by atoms with E-state index in [9.17, 15) is 0 Å². The lowest BCUT2D eigenvalue weighted by Crippen LogP contribution is -1.56. The Balaban J connectivity index is 2.49.